The maximum Gasteiger partial charge on any atom is 0.191 e. The fourth-order valence-electron chi connectivity index (χ4n) is 2.24. The molecule has 0 aliphatic carbocycles. The number of hydrogen-bond acceptors (Lipinski definition) is 4. The van der Waals surface area contributed by atoms with Crippen LogP contribution in [0, 0.1) is 0 Å². The van der Waals surface area contributed by atoms with E-state index < -0.39 is 6.10 Å². The van der Waals surface area contributed by atoms with Gasteiger partial charge in [0.05, 0.1) is 6.10 Å². The summed E-state index contributed by atoms with van der Waals surface area (Å²) in [6, 6.07) is 5.00. The van der Waals surface area contributed by atoms with Crippen LogP contribution in [0.15, 0.2) is 29.5 Å². The summed E-state index contributed by atoms with van der Waals surface area (Å²) < 4.78 is 1.93. The van der Waals surface area contributed by atoms with Gasteiger partial charge in [0.2, 0.25) is 0 Å². The molecule has 0 saturated heterocycles. The van der Waals surface area contributed by atoms with Crippen LogP contribution in [0.5, 0.6) is 0 Å². The zero-order chi connectivity index (χ0) is 18.2. The molecule has 0 spiro atoms. The molecule has 0 bridgehead atoms. The zero-order valence-electron chi connectivity index (χ0n) is 14.6. The minimum absolute atomic E-state index is 0. The lowest BCUT2D eigenvalue weighted by Crippen LogP contribution is -2.39. The highest BCUT2D eigenvalue weighted by atomic mass is 127. The number of aryl methyl sites for hydroxylation is 1. The van der Waals surface area contributed by atoms with E-state index in [1.54, 1.807) is 24.5 Å². The van der Waals surface area contributed by atoms with Gasteiger partial charge in [-0.05, 0) is 37.6 Å². The number of hydrogen-bond donors (Lipinski definition) is 3. The number of aromatic nitrogens is 3. The molecular weight excluding hydrogens is 490 g/mol. The number of halogens is 3. The Morgan fingerprint density at radius 2 is 1.92 bits per heavy atom. The Morgan fingerprint density at radius 1 is 1.23 bits per heavy atom. The largest absolute Gasteiger partial charge is 0.387 e. The topological polar surface area (TPSA) is 87.4 Å². The highest BCUT2D eigenvalue weighted by Gasteiger charge is 2.11. The molecule has 26 heavy (non-hydrogen) atoms. The maximum absolute atomic E-state index is 10.3. The second-order valence-corrected chi connectivity index (χ2v) is 6.20. The van der Waals surface area contributed by atoms with Crippen molar-refractivity contribution >= 4 is 53.1 Å². The van der Waals surface area contributed by atoms with Gasteiger partial charge in [-0.2, -0.15) is 0 Å². The van der Waals surface area contributed by atoms with Crippen LogP contribution in [0.2, 0.25) is 10.0 Å². The van der Waals surface area contributed by atoms with Gasteiger partial charge in [-0.25, -0.2) is 4.99 Å². The van der Waals surface area contributed by atoms with E-state index in [-0.39, 0.29) is 30.5 Å². The predicted molar refractivity (Wildman–Crippen MR) is 115 cm³/mol. The summed E-state index contributed by atoms with van der Waals surface area (Å²) in [6.45, 7) is 6.14. The summed E-state index contributed by atoms with van der Waals surface area (Å²) in [6.07, 6.45) is 0.914. The smallest absolute Gasteiger partial charge is 0.191 e. The maximum atomic E-state index is 10.3. The minimum Gasteiger partial charge on any atom is -0.387 e. The Labute approximate surface area is 180 Å². The number of nitrogens with one attached hydrogen (secondary N) is 2. The van der Waals surface area contributed by atoms with E-state index in [4.69, 9.17) is 23.2 Å². The van der Waals surface area contributed by atoms with E-state index in [1.807, 2.05) is 18.4 Å². The standard InChI is InChI=1S/C16H22Cl2N6O.HI/c1-3-19-16(21-9-15-23-22-10-24(15)4-2)20-8-14(25)11-5-12(17)7-13(18)6-11;/h5-7,10,14,25H,3-4,8-9H2,1-2H3,(H2,19,20,21);1H. The van der Waals surface area contributed by atoms with Crippen molar-refractivity contribution in [3.8, 4) is 0 Å². The van der Waals surface area contributed by atoms with E-state index in [9.17, 15) is 5.11 Å². The molecule has 0 saturated carbocycles. The minimum atomic E-state index is -0.764. The average molecular weight is 513 g/mol. The van der Waals surface area contributed by atoms with Crippen molar-refractivity contribution in [1.29, 1.82) is 0 Å². The number of aliphatic hydroxyl groups excluding tert-OH is 1. The predicted octanol–water partition coefficient (Wildman–Crippen LogP) is 3.01. The molecule has 10 heteroatoms. The molecule has 0 aliphatic heterocycles. The SMILES string of the molecule is CCNC(=NCc1nncn1CC)NCC(O)c1cc(Cl)cc(Cl)c1.I. The summed E-state index contributed by atoms with van der Waals surface area (Å²) in [5.41, 5.74) is 0.645. The second-order valence-electron chi connectivity index (χ2n) is 5.33. The molecule has 1 aromatic carbocycles. The molecule has 0 aliphatic rings. The van der Waals surface area contributed by atoms with E-state index in [0.29, 0.717) is 34.7 Å². The van der Waals surface area contributed by atoms with Gasteiger partial charge in [0.15, 0.2) is 11.8 Å². The van der Waals surface area contributed by atoms with Crippen LogP contribution in [-0.4, -0.2) is 38.9 Å². The van der Waals surface area contributed by atoms with Crippen LogP contribution in [0.1, 0.15) is 31.3 Å². The molecule has 2 rings (SSSR count). The van der Waals surface area contributed by atoms with Gasteiger partial charge >= 0.3 is 0 Å². The summed E-state index contributed by atoms with van der Waals surface area (Å²) in [7, 11) is 0. The Hall–Kier alpha value is -1.10. The van der Waals surface area contributed by atoms with Crippen LogP contribution in [0.25, 0.3) is 0 Å². The normalized spacial score (nSPS) is 12.4. The molecule has 1 unspecified atom stereocenters. The zero-order valence-corrected chi connectivity index (χ0v) is 18.5. The average Bonchev–Trinajstić information content (AvgIpc) is 3.03. The number of benzene rings is 1. The van der Waals surface area contributed by atoms with Crippen molar-refractivity contribution in [1.82, 2.24) is 25.4 Å². The lowest BCUT2D eigenvalue weighted by molar-refractivity contribution is 0.181. The van der Waals surface area contributed by atoms with Gasteiger partial charge in [0.1, 0.15) is 12.9 Å². The third kappa shape index (κ3) is 6.90. The van der Waals surface area contributed by atoms with Crippen LogP contribution in [-0.2, 0) is 13.1 Å². The lowest BCUT2D eigenvalue weighted by Gasteiger charge is -2.16. The first-order valence-corrected chi connectivity index (χ1v) is 8.82. The van der Waals surface area contributed by atoms with Crippen LogP contribution in [0.3, 0.4) is 0 Å². The number of guanidine groups is 1. The third-order valence-electron chi connectivity index (χ3n) is 3.49. The van der Waals surface area contributed by atoms with Gasteiger partial charge in [-0.15, -0.1) is 34.2 Å². The molecular formula is C16H23Cl2IN6O. The molecule has 0 amide bonds. The molecule has 0 radical (unpaired) electrons. The first-order chi connectivity index (χ1) is 12.0. The number of nitrogens with zero attached hydrogens (tertiary/aromatic N) is 4. The second kappa shape index (κ2) is 11.6. The van der Waals surface area contributed by atoms with Gasteiger partial charge < -0.3 is 20.3 Å². The van der Waals surface area contributed by atoms with Gasteiger partial charge in [0, 0.05) is 29.7 Å². The molecule has 3 N–H and O–H groups in total. The molecule has 1 atom stereocenters. The van der Waals surface area contributed by atoms with Crippen molar-refractivity contribution in [2.24, 2.45) is 4.99 Å². The van der Waals surface area contributed by atoms with E-state index in [1.165, 1.54) is 0 Å². The number of aliphatic imine (C=N–C) groups is 1. The summed E-state index contributed by atoms with van der Waals surface area (Å²) in [4.78, 5) is 4.47. The van der Waals surface area contributed by atoms with Crippen molar-refractivity contribution in [2.45, 2.75) is 33.0 Å². The van der Waals surface area contributed by atoms with Crippen LogP contribution >= 0.6 is 47.2 Å². The fourth-order valence-corrected chi connectivity index (χ4v) is 2.78. The summed E-state index contributed by atoms with van der Waals surface area (Å²) in [5.74, 6) is 1.36. The molecule has 1 aromatic heterocycles. The van der Waals surface area contributed by atoms with Gasteiger partial charge in [0.25, 0.3) is 0 Å². The van der Waals surface area contributed by atoms with Crippen molar-refractivity contribution < 1.29 is 5.11 Å². The first-order valence-electron chi connectivity index (χ1n) is 8.06. The van der Waals surface area contributed by atoms with Crippen molar-refractivity contribution in [3.05, 3.63) is 46.0 Å². The monoisotopic (exact) mass is 512 g/mol. The Bertz CT molecular complexity index is 704. The van der Waals surface area contributed by atoms with Gasteiger partial charge in [-0.1, -0.05) is 23.2 Å². The van der Waals surface area contributed by atoms with E-state index in [0.717, 1.165) is 12.4 Å². The fraction of sp³-hybridized carbons (Fsp3) is 0.438. The Morgan fingerprint density at radius 3 is 2.54 bits per heavy atom. The van der Waals surface area contributed by atoms with Crippen molar-refractivity contribution in [3.63, 3.8) is 0 Å². The molecule has 2 aromatic rings. The first kappa shape index (κ1) is 22.9. The van der Waals surface area contributed by atoms with Crippen LogP contribution < -0.4 is 10.6 Å². The van der Waals surface area contributed by atoms with Gasteiger partial charge in [-0.3, -0.25) is 0 Å². The quantitative estimate of drug-likeness (QED) is 0.301. The van der Waals surface area contributed by atoms with E-state index in [2.05, 4.69) is 25.8 Å². The Kier molecular flexibility index (Phi) is 10.2. The molecule has 144 valence electrons. The highest BCUT2D eigenvalue weighted by Crippen LogP contribution is 2.23. The van der Waals surface area contributed by atoms with Crippen molar-refractivity contribution in [2.75, 3.05) is 13.1 Å². The van der Waals surface area contributed by atoms with Crippen LogP contribution in [0.4, 0.5) is 0 Å². The molecule has 7 nitrogen and oxygen atoms in total. The summed E-state index contributed by atoms with van der Waals surface area (Å²) >= 11 is 11.9. The summed E-state index contributed by atoms with van der Waals surface area (Å²) in [5, 5.41) is 25.5. The highest BCUT2D eigenvalue weighted by molar-refractivity contribution is 14.0. The number of rotatable bonds is 7. The van der Waals surface area contributed by atoms with E-state index >= 15 is 0 Å². The Balaban J connectivity index is 0.00000338. The lowest BCUT2D eigenvalue weighted by atomic mass is 10.1. The number of aliphatic hydroxyl groups is 1. The third-order valence-corrected chi connectivity index (χ3v) is 3.93. The molecule has 0 fully saturated rings. The molecule has 1 heterocycles.